The molecule has 1 aromatic rings. The number of aliphatic carboxylic acids is 1. The fraction of sp³-hybridized carbons (Fsp3) is 0.364. The number of carboxylic acid groups (broad SMARTS) is 1. The summed E-state index contributed by atoms with van der Waals surface area (Å²) in [7, 11) is 1.49. The number of aromatic amines is 1. The zero-order valence-electron chi connectivity index (χ0n) is 9.64. The summed E-state index contributed by atoms with van der Waals surface area (Å²) >= 11 is 0. The lowest BCUT2D eigenvalue weighted by Crippen LogP contribution is -2.34. The van der Waals surface area contributed by atoms with Gasteiger partial charge in [0.1, 0.15) is 5.69 Å². The lowest BCUT2D eigenvalue weighted by molar-refractivity contribution is -0.141. The van der Waals surface area contributed by atoms with Crippen LogP contribution < -0.4 is 5.56 Å². The Morgan fingerprint density at radius 2 is 2.12 bits per heavy atom. The summed E-state index contributed by atoms with van der Waals surface area (Å²) in [5.74, 6) is -2.03. The third kappa shape index (κ3) is 3.44. The molecule has 92 valence electrons. The molecule has 0 spiro atoms. The van der Waals surface area contributed by atoms with Gasteiger partial charge in [-0.1, -0.05) is 13.0 Å². The highest BCUT2D eigenvalue weighted by Gasteiger charge is 2.18. The Morgan fingerprint density at radius 1 is 1.47 bits per heavy atom. The molecule has 1 aromatic heterocycles. The highest BCUT2D eigenvalue weighted by atomic mass is 16.4. The van der Waals surface area contributed by atoms with Crippen molar-refractivity contribution in [2.75, 3.05) is 13.6 Å². The summed E-state index contributed by atoms with van der Waals surface area (Å²) in [6.07, 6.45) is 0. The number of aromatic nitrogens is 1. The number of nitrogens with zero attached hydrogens (tertiary/aromatic N) is 1. The molecule has 6 heteroatoms. The van der Waals surface area contributed by atoms with E-state index in [4.69, 9.17) is 5.11 Å². The van der Waals surface area contributed by atoms with Crippen LogP contribution in [0.4, 0.5) is 0 Å². The molecule has 0 aliphatic carbocycles. The normalized spacial score (nSPS) is 11.9. The molecule has 6 nitrogen and oxygen atoms in total. The van der Waals surface area contributed by atoms with Crippen LogP contribution in [0.25, 0.3) is 0 Å². The van der Waals surface area contributed by atoms with Crippen LogP contribution in [0.5, 0.6) is 0 Å². The van der Waals surface area contributed by atoms with Crippen molar-refractivity contribution in [1.82, 2.24) is 9.88 Å². The van der Waals surface area contributed by atoms with Crippen LogP contribution in [0.1, 0.15) is 17.4 Å². The van der Waals surface area contributed by atoms with Crippen molar-refractivity contribution in [3.8, 4) is 0 Å². The average molecular weight is 238 g/mol. The molecule has 0 saturated carbocycles. The van der Waals surface area contributed by atoms with Gasteiger partial charge < -0.3 is 15.0 Å². The molecule has 1 atom stereocenters. The second-order valence-corrected chi connectivity index (χ2v) is 3.85. The summed E-state index contributed by atoms with van der Waals surface area (Å²) in [6.45, 7) is 1.60. The molecule has 0 aliphatic heterocycles. The van der Waals surface area contributed by atoms with Gasteiger partial charge in [-0.05, 0) is 6.07 Å². The molecule has 1 amide bonds. The van der Waals surface area contributed by atoms with Gasteiger partial charge in [-0.15, -0.1) is 0 Å². The molecule has 2 N–H and O–H groups in total. The average Bonchev–Trinajstić information content (AvgIpc) is 2.27. The lowest BCUT2D eigenvalue weighted by Gasteiger charge is -2.19. The van der Waals surface area contributed by atoms with Crippen molar-refractivity contribution in [2.45, 2.75) is 6.92 Å². The maximum absolute atomic E-state index is 11.8. The third-order valence-electron chi connectivity index (χ3n) is 2.31. The number of H-pyrrole nitrogens is 1. The fourth-order valence-corrected chi connectivity index (χ4v) is 1.35. The van der Waals surface area contributed by atoms with Gasteiger partial charge >= 0.3 is 5.97 Å². The largest absolute Gasteiger partial charge is 0.481 e. The number of pyridine rings is 1. The van der Waals surface area contributed by atoms with Crippen LogP contribution >= 0.6 is 0 Å². The molecule has 1 unspecified atom stereocenters. The van der Waals surface area contributed by atoms with E-state index in [1.807, 2.05) is 0 Å². The quantitative estimate of drug-likeness (QED) is 0.782. The first-order chi connectivity index (χ1) is 7.91. The van der Waals surface area contributed by atoms with Crippen LogP contribution in [0.3, 0.4) is 0 Å². The molecule has 0 bridgehead atoms. The standard InChI is InChI=1S/C11H14N2O4/c1-7(11(16)17)6-13(2)10(15)8-4-3-5-9(14)12-8/h3-5,7H,6H2,1-2H3,(H,12,14)(H,16,17). The molecule has 0 saturated heterocycles. The van der Waals surface area contributed by atoms with Gasteiger partial charge in [0.2, 0.25) is 5.56 Å². The summed E-state index contributed by atoms with van der Waals surface area (Å²) < 4.78 is 0. The molecule has 0 fully saturated rings. The molecule has 1 rings (SSSR count). The Labute approximate surface area is 97.9 Å². The Bertz CT molecular complexity index is 480. The van der Waals surface area contributed by atoms with Crippen LogP contribution in [-0.2, 0) is 4.79 Å². The Morgan fingerprint density at radius 3 is 2.65 bits per heavy atom. The third-order valence-corrected chi connectivity index (χ3v) is 2.31. The number of carboxylic acids is 1. The predicted molar refractivity (Wildman–Crippen MR) is 60.8 cm³/mol. The van der Waals surface area contributed by atoms with E-state index in [0.29, 0.717) is 0 Å². The van der Waals surface area contributed by atoms with Crippen LogP contribution in [-0.4, -0.2) is 40.5 Å². The predicted octanol–water partition coefficient (Wildman–Crippen LogP) is 0.168. The zero-order valence-corrected chi connectivity index (χ0v) is 9.64. The lowest BCUT2D eigenvalue weighted by atomic mass is 10.1. The van der Waals surface area contributed by atoms with E-state index in [9.17, 15) is 14.4 Å². The molecule has 0 aliphatic rings. The van der Waals surface area contributed by atoms with E-state index in [1.54, 1.807) is 0 Å². The number of carbonyl (C=O) groups is 2. The van der Waals surface area contributed by atoms with Crippen LogP contribution in [0.15, 0.2) is 23.0 Å². The molecule has 1 heterocycles. The van der Waals surface area contributed by atoms with Gasteiger partial charge in [0.25, 0.3) is 5.91 Å². The van der Waals surface area contributed by atoms with E-state index in [2.05, 4.69) is 4.98 Å². The number of rotatable bonds is 4. The Kier molecular flexibility index (Phi) is 4.03. The minimum Gasteiger partial charge on any atom is -0.481 e. The minimum atomic E-state index is -0.966. The minimum absolute atomic E-state index is 0.0884. The van der Waals surface area contributed by atoms with Gasteiger partial charge in [-0.25, -0.2) is 0 Å². The number of amides is 1. The van der Waals surface area contributed by atoms with Gasteiger partial charge in [0.05, 0.1) is 5.92 Å². The van der Waals surface area contributed by atoms with Gasteiger partial charge in [0.15, 0.2) is 0 Å². The van der Waals surface area contributed by atoms with Gasteiger partial charge in [-0.2, -0.15) is 0 Å². The Balaban J connectivity index is 2.77. The van der Waals surface area contributed by atoms with E-state index in [1.165, 1.54) is 37.1 Å². The van der Waals surface area contributed by atoms with Crippen molar-refractivity contribution in [3.05, 3.63) is 34.2 Å². The molecule has 17 heavy (non-hydrogen) atoms. The second-order valence-electron chi connectivity index (χ2n) is 3.85. The van der Waals surface area contributed by atoms with E-state index in [0.717, 1.165) is 0 Å². The molecule has 0 aromatic carbocycles. The molecular formula is C11H14N2O4. The number of hydrogen-bond donors (Lipinski definition) is 2. The van der Waals surface area contributed by atoms with Crippen molar-refractivity contribution in [2.24, 2.45) is 5.92 Å². The highest BCUT2D eigenvalue weighted by molar-refractivity contribution is 5.92. The zero-order chi connectivity index (χ0) is 13.0. The van der Waals surface area contributed by atoms with E-state index < -0.39 is 17.8 Å². The van der Waals surface area contributed by atoms with Crippen molar-refractivity contribution < 1.29 is 14.7 Å². The summed E-state index contributed by atoms with van der Waals surface area (Å²) in [6, 6.07) is 4.25. The maximum atomic E-state index is 11.8. The Hall–Kier alpha value is -2.11. The topological polar surface area (TPSA) is 90.5 Å². The fourth-order valence-electron chi connectivity index (χ4n) is 1.35. The van der Waals surface area contributed by atoms with Crippen LogP contribution in [0.2, 0.25) is 0 Å². The first-order valence-corrected chi connectivity index (χ1v) is 5.09. The smallest absolute Gasteiger partial charge is 0.308 e. The first-order valence-electron chi connectivity index (χ1n) is 5.09. The van der Waals surface area contributed by atoms with E-state index >= 15 is 0 Å². The molecule has 0 radical (unpaired) electrons. The highest BCUT2D eigenvalue weighted by Crippen LogP contribution is 2.02. The number of nitrogens with one attached hydrogen (secondary N) is 1. The monoisotopic (exact) mass is 238 g/mol. The molecular weight excluding hydrogens is 224 g/mol. The maximum Gasteiger partial charge on any atom is 0.308 e. The number of carbonyl (C=O) groups excluding carboxylic acids is 1. The van der Waals surface area contributed by atoms with Crippen molar-refractivity contribution in [3.63, 3.8) is 0 Å². The van der Waals surface area contributed by atoms with E-state index in [-0.39, 0.29) is 17.8 Å². The first kappa shape index (κ1) is 13.0. The summed E-state index contributed by atoms with van der Waals surface area (Å²) in [5, 5.41) is 8.73. The SMILES string of the molecule is CC(CN(C)C(=O)c1cccc(=O)[nH]1)C(=O)O. The second kappa shape index (κ2) is 5.29. The van der Waals surface area contributed by atoms with Crippen molar-refractivity contribution >= 4 is 11.9 Å². The van der Waals surface area contributed by atoms with Crippen LogP contribution in [0, 0.1) is 5.92 Å². The number of hydrogen-bond acceptors (Lipinski definition) is 3. The summed E-state index contributed by atoms with van der Waals surface area (Å²) in [5.41, 5.74) is -0.215. The van der Waals surface area contributed by atoms with Gasteiger partial charge in [-0.3, -0.25) is 14.4 Å². The van der Waals surface area contributed by atoms with Crippen molar-refractivity contribution in [1.29, 1.82) is 0 Å². The summed E-state index contributed by atoms with van der Waals surface area (Å²) in [4.78, 5) is 37.2. The van der Waals surface area contributed by atoms with Gasteiger partial charge in [0, 0.05) is 19.7 Å².